The second kappa shape index (κ2) is 9.11. The maximum atomic E-state index is 8.62. The zero-order valence-corrected chi connectivity index (χ0v) is 14.4. The van der Waals surface area contributed by atoms with E-state index in [9.17, 15) is 0 Å². The number of nitriles is 2. The van der Waals surface area contributed by atoms with Crippen LogP contribution >= 0.6 is 11.8 Å². The van der Waals surface area contributed by atoms with Crippen molar-refractivity contribution in [1.82, 2.24) is 9.97 Å². The highest BCUT2D eigenvalue weighted by atomic mass is 32.2. The van der Waals surface area contributed by atoms with Crippen molar-refractivity contribution < 1.29 is 9.47 Å². The summed E-state index contributed by atoms with van der Waals surface area (Å²) in [6, 6.07) is 12.3. The molecule has 0 radical (unpaired) electrons. The quantitative estimate of drug-likeness (QED) is 0.458. The van der Waals surface area contributed by atoms with Crippen molar-refractivity contribution in [3.63, 3.8) is 0 Å². The SMILES string of the molecule is COc1cc(OC)nc(CSc2ccc(NN=C(C#N)C#N)cc2)n1. The largest absolute Gasteiger partial charge is 0.481 e. The molecule has 2 rings (SSSR count). The molecule has 0 aliphatic carbocycles. The van der Waals surface area contributed by atoms with Gasteiger partial charge in [0.15, 0.2) is 0 Å². The molecular weight excluding hydrogens is 340 g/mol. The standard InChI is InChI=1S/C16H14N6O2S/c1-23-15-7-16(24-2)20-14(19-15)10-25-13-5-3-11(4-6-13)21-22-12(8-17)9-18/h3-7,21H,10H2,1-2H3. The summed E-state index contributed by atoms with van der Waals surface area (Å²) in [7, 11) is 3.08. The molecule has 1 heterocycles. The third kappa shape index (κ3) is 5.37. The van der Waals surface area contributed by atoms with Gasteiger partial charge in [-0.1, -0.05) is 0 Å². The first-order chi connectivity index (χ1) is 12.2. The highest BCUT2D eigenvalue weighted by Crippen LogP contribution is 2.25. The van der Waals surface area contributed by atoms with E-state index in [2.05, 4.69) is 20.5 Å². The van der Waals surface area contributed by atoms with Gasteiger partial charge in [-0.3, -0.25) is 5.43 Å². The average molecular weight is 354 g/mol. The van der Waals surface area contributed by atoms with E-state index >= 15 is 0 Å². The van der Waals surface area contributed by atoms with Gasteiger partial charge in [0.2, 0.25) is 17.5 Å². The summed E-state index contributed by atoms with van der Waals surface area (Å²) in [6.07, 6.45) is 0. The normalized spacial score (nSPS) is 9.44. The number of nitrogens with one attached hydrogen (secondary N) is 1. The van der Waals surface area contributed by atoms with Crippen LogP contribution < -0.4 is 14.9 Å². The minimum Gasteiger partial charge on any atom is -0.481 e. The molecule has 0 aliphatic rings. The number of benzene rings is 1. The summed E-state index contributed by atoms with van der Waals surface area (Å²) < 4.78 is 10.2. The lowest BCUT2D eigenvalue weighted by Crippen LogP contribution is -1.99. The van der Waals surface area contributed by atoms with Gasteiger partial charge in [0.05, 0.1) is 31.7 Å². The maximum absolute atomic E-state index is 8.62. The van der Waals surface area contributed by atoms with Crippen LogP contribution in [0.4, 0.5) is 5.69 Å². The van der Waals surface area contributed by atoms with E-state index in [-0.39, 0.29) is 5.71 Å². The molecule has 0 atom stereocenters. The number of thioether (sulfide) groups is 1. The lowest BCUT2D eigenvalue weighted by molar-refractivity contribution is 0.369. The Morgan fingerprint density at radius 3 is 2.24 bits per heavy atom. The summed E-state index contributed by atoms with van der Waals surface area (Å²) in [4.78, 5) is 9.55. The molecule has 2 aromatic rings. The van der Waals surface area contributed by atoms with Crippen molar-refractivity contribution in [3.05, 3.63) is 36.2 Å². The van der Waals surface area contributed by atoms with E-state index in [0.29, 0.717) is 29.0 Å². The maximum Gasteiger partial charge on any atom is 0.237 e. The number of nitrogens with zero attached hydrogens (tertiary/aromatic N) is 5. The first kappa shape index (κ1) is 18.0. The van der Waals surface area contributed by atoms with E-state index in [1.54, 1.807) is 42.1 Å². The Hall–Kier alpha value is -3.30. The minimum atomic E-state index is -0.234. The number of hydrazone groups is 1. The van der Waals surface area contributed by atoms with E-state index in [4.69, 9.17) is 20.0 Å². The Morgan fingerprint density at radius 1 is 1.12 bits per heavy atom. The highest BCUT2D eigenvalue weighted by Gasteiger charge is 2.06. The number of hydrogen-bond donors (Lipinski definition) is 1. The van der Waals surface area contributed by atoms with Crippen LogP contribution in [0.25, 0.3) is 0 Å². The first-order valence-electron chi connectivity index (χ1n) is 7.01. The summed E-state index contributed by atoms with van der Waals surface area (Å²) in [6.45, 7) is 0. The Labute approximate surface area is 149 Å². The molecule has 25 heavy (non-hydrogen) atoms. The zero-order valence-electron chi connectivity index (χ0n) is 13.6. The van der Waals surface area contributed by atoms with Gasteiger partial charge in [-0.15, -0.1) is 11.8 Å². The van der Waals surface area contributed by atoms with Gasteiger partial charge in [0.25, 0.3) is 0 Å². The van der Waals surface area contributed by atoms with Crippen LogP contribution in [0.1, 0.15) is 5.82 Å². The second-order valence-corrected chi connectivity index (χ2v) is 5.53. The third-order valence-electron chi connectivity index (χ3n) is 2.87. The van der Waals surface area contributed by atoms with E-state index in [0.717, 1.165) is 4.90 Å². The van der Waals surface area contributed by atoms with Crippen molar-refractivity contribution in [1.29, 1.82) is 10.5 Å². The number of methoxy groups -OCH3 is 2. The number of hydrogen-bond acceptors (Lipinski definition) is 9. The number of rotatable bonds is 7. The molecule has 0 bridgehead atoms. The van der Waals surface area contributed by atoms with E-state index in [1.165, 1.54) is 14.2 Å². The van der Waals surface area contributed by atoms with Crippen LogP contribution in [0.3, 0.4) is 0 Å². The predicted octanol–water partition coefficient (Wildman–Crippen LogP) is 2.60. The molecule has 9 heteroatoms. The van der Waals surface area contributed by atoms with Crippen molar-refractivity contribution in [3.8, 4) is 23.9 Å². The zero-order chi connectivity index (χ0) is 18.1. The first-order valence-corrected chi connectivity index (χ1v) is 7.99. The van der Waals surface area contributed by atoms with Gasteiger partial charge in [-0.25, -0.2) is 0 Å². The van der Waals surface area contributed by atoms with E-state index in [1.807, 2.05) is 12.1 Å². The van der Waals surface area contributed by atoms with Crippen molar-refractivity contribution in [2.75, 3.05) is 19.6 Å². The topological polar surface area (TPSA) is 116 Å². The highest BCUT2D eigenvalue weighted by molar-refractivity contribution is 7.98. The summed E-state index contributed by atoms with van der Waals surface area (Å²) in [5.41, 5.74) is 3.09. The Morgan fingerprint density at radius 2 is 1.72 bits per heavy atom. The van der Waals surface area contributed by atoms with Crippen LogP contribution in [0.5, 0.6) is 11.8 Å². The van der Waals surface area contributed by atoms with Gasteiger partial charge < -0.3 is 9.47 Å². The lowest BCUT2D eigenvalue weighted by atomic mass is 10.3. The van der Waals surface area contributed by atoms with Crippen LogP contribution in [0, 0.1) is 22.7 Å². The fourth-order valence-electron chi connectivity index (χ4n) is 1.69. The van der Waals surface area contributed by atoms with Crippen LogP contribution in [0.15, 0.2) is 40.3 Å². The second-order valence-electron chi connectivity index (χ2n) is 4.48. The van der Waals surface area contributed by atoms with Crippen molar-refractivity contribution in [2.45, 2.75) is 10.6 Å². The number of aromatic nitrogens is 2. The molecule has 0 unspecified atom stereocenters. The molecule has 0 amide bonds. The monoisotopic (exact) mass is 354 g/mol. The molecule has 0 fully saturated rings. The molecule has 1 N–H and O–H groups in total. The average Bonchev–Trinajstić information content (AvgIpc) is 2.67. The molecule has 0 aliphatic heterocycles. The minimum absolute atomic E-state index is 0.234. The van der Waals surface area contributed by atoms with E-state index < -0.39 is 0 Å². The summed E-state index contributed by atoms with van der Waals surface area (Å²) >= 11 is 1.55. The molecule has 8 nitrogen and oxygen atoms in total. The molecule has 0 spiro atoms. The van der Waals surface area contributed by atoms with Gasteiger partial charge in [-0.2, -0.15) is 25.6 Å². The van der Waals surface area contributed by atoms with Gasteiger partial charge in [0, 0.05) is 4.90 Å². The Kier molecular flexibility index (Phi) is 6.57. The lowest BCUT2D eigenvalue weighted by Gasteiger charge is -2.07. The van der Waals surface area contributed by atoms with Crippen molar-refractivity contribution in [2.24, 2.45) is 5.10 Å². The molecule has 0 saturated heterocycles. The van der Waals surface area contributed by atoms with Crippen molar-refractivity contribution >= 4 is 23.2 Å². The molecule has 1 aromatic heterocycles. The third-order valence-corrected chi connectivity index (χ3v) is 3.88. The number of anilines is 1. The number of ether oxygens (including phenoxy) is 2. The summed E-state index contributed by atoms with van der Waals surface area (Å²) in [5, 5.41) is 20.9. The van der Waals surface area contributed by atoms with Crippen LogP contribution in [-0.4, -0.2) is 29.9 Å². The predicted molar refractivity (Wildman–Crippen MR) is 93.4 cm³/mol. The molecular formula is C16H14N6O2S. The molecule has 0 saturated carbocycles. The Balaban J connectivity index is 1.99. The fourth-order valence-corrected chi connectivity index (χ4v) is 2.45. The Bertz CT molecular complexity index is 801. The molecule has 126 valence electrons. The van der Waals surface area contributed by atoms with Gasteiger partial charge >= 0.3 is 0 Å². The molecule has 1 aromatic carbocycles. The van der Waals surface area contributed by atoms with Gasteiger partial charge in [0.1, 0.15) is 18.0 Å². The van der Waals surface area contributed by atoms with Crippen LogP contribution in [0.2, 0.25) is 0 Å². The van der Waals surface area contributed by atoms with Gasteiger partial charge in [-0.05, 0) is 24.3 Å². The smallest absolute Gasteiger partial charge is 0.237 e. The summed E-state index contributed by atoms with van der Waals surface area (Å²) in [5.74, 6) is 2.04. The fraction of sp³-hybridized carbons (Fsp3) is 0.188. The van der Waals surface area contributed by atoms with Crippen LogP contribution in [-0.2, 0) is 5.75 Å².